The van der Waals surface area contributed by atoms with Crippen LogP contribution < -0.4 is 20.8 Å². The number of hydrogen-bond donors (Lipinski definition) is 4. The summed E-state index contributed by atoms with van der Waals surface area (Å²) in [7, 11) is -3.65. The van der Waals surface area contributed by atoms with Crippen LogP contribution in [0.1, 0.15) is 31.9 Å². The molecule has 1 aromatic heterocycles. The predicted molar refractivity (Wildman–Crippen MR) is 132 cm³/mol. The Morgan fingerprint density at radius 2 is 1.39 bits per heavy atom. The highest BCUT2D eigenvalue weighted by Crippen LogP contribution is 2.18. The molecule has 0 spiro atoms. The van der Waals surface area contributed by atoms with E-state index in [1.165, 1.54) is 0 Å². The van der Waals surface area contributed by atoms with Crippen molar-refractivity contribution in [2.75, 3.05) is 33.9 Å². The minimum Gasteiger partial charge on any atom is -0.354 e. The fraction of sp³-hybridized carbons (Fsp3) is 0.273. The molecule has 3 aromatic rings. The van der Waals surface area contributed by atoms with Gasteiger partial charge in [-0.1, -0.05) is 29.8 Å². The molecule has 0 unspecified atom stereocenters. The van der Waals surface area contributed by atoms with Crippen molar-refractivity contribution >= 4 is 39.3 Å². The first kappa shape index (κ1) is 23.9. The van der Waals surface area contributed by atoms with Crippen molar-refractivity contribution in [1.29, 1.82) is 0 Å². The van der Waals surface area contributed by atoms with Crippen molar-refractivity contribution in [2.24, 2.45) is 5.10 Å². The summed E-state index contributed by atoms with van der Waals surface area (Å²) in [5.74, 6) is 1.20. The van der Waals surface area contributed by atoms with Gasteiger partial charge in [0, 0.05) is 18.8 Å². The zero-order valence-corrected chi connectivity index (χ0v) is 19.9. The van der Waals surface area contributed by atoms with Crippen molar-refractivity contribution in [1.82, 2.24) is 15.0 Å². The molecule has 0 atom stereocenters. The molecule has 0 saturated heterocycles. The molecule has 0 aliphatic rings. The molecule has 0 aliphatic heterocycles. The van der Waals surface area contributed by atoms with Crippen LogP contribution in [-0.2, 0) is 10.0 Å². The van der Waals surface area contributed by atoms with E-state index in [4.69, 9.17) is 0 Å². The van der Waals surface area contributed by atoms with Gasteiger partial charge in [0.25, 0.3) is 10.0 Å². The number of anilines is 4. The molecule has 0 radical (unpaired) electrons. The van der Waals surface area contributed by atoms with Gasteiger partial charge in [-0.2, -0.15) is 20.1 Å². The van der Waals surface area contributed by atoms with Crippen LogP contribution in [0, 0.1) is 6.92 Å². The molecule has 0 fully saturated rings. The quantitative estimate of drug-likeness (QED) is 0.262. The Balaban J connectivity index is 1.71. The SMILES string of the molecule is CCNc1nc(NCC)nc(N/N=C(\C)c2ccc(NS(=O)(=O)c3ccc(C)cc3)cc2)n1. The zero-order valence-electron chi connectivity index (χ0n) is 19.0. The molecule has 3 rings (SSSR count). The van der Waals surface area contributed by atoms with E-state index in [0.29, 0.717) is 42.3 Å². The highest BCUT2D eigenvalue weighted by Gasteiger charge is 2.14. The van der Waals surface area contributed by atoms with Crippen molar-refractivity contribution in [3.05, 3.63) is 59.7 Å². The van der Waals surface area contributed by atoms with Crippen LogP contribution in [0.2, 0.25) is 0 Å². The number of rotatable bonds is 10. The van der Waals surface area contributed by atoms with Crippen molar-refractivity contribution in [3.8, 4) is 0 Å². The fourth-order valence-corrected chi connectivity index (χ4v) is 3.87. The highest BCUT2D eigenvalue weighted by atomic mass is 32.2. The van der Waals surface area contributed by atoms with Crippen LogP contribution in [-0.4, -0.2) is 42.2 Å². The monoisotopic (exact) mass is 468 g/mol. The molecule has 10 nitrogen and oxygen atoms in total. The highest BCUT2D eigenvalue weighted by molar-refractivity contribution is 7.92. The summed E-state index contributed by atoms with van der Waals surface area (Å²) in [6.07, 6.45) is 0. The number of hydrogen-bond acceptors (Lipinski definition) is 9. The first-order valence-electron chi connectivity index (χ1n) is 10.5. The Hall–Kier alpha value is -3.73. The van der Waals surface area contributed by atoms with Crippen molar-refractivity contribution in [2.45, 2.75) is 32.6 Å². The Kier molecular flexibility index (Phi) is 7.78. The lowest BCUT2D eigenvalue weighted by atomic mass is 10.1. The van der Waals surface area contributed by atoms with E-state index < -0.39 is 10.0 Å². The number of aromatic nitrogens is 3. The number of hydrazone groups is 1. The van der Waals surface area contributed by atoms with Gasteiger partial charge in [-0.15, -0.1) is 0 Å². The molecule has 0 saturated carbocycles. The summed E-state index contributed by atoms with van der Waals surface area (Å²) in [6.45, 7) is 9.00. The van der Waals surface area contributed by atoms with E-state index in [0.717, 1.165) is 11.1 Å². The van der Waals surface area contributed by atoms with Gasteiger partial charge in [-0.25, -0.2) is 13.8 Å². The number of benzene rings is 2. The normalized spacial score (nSPS) is 11.7. The smallest absolute Gasteiger partial charge is 0.261 e. The van der Waals surface area contributed by atoms with E-state index >= 15 is 0 Å². The number of nitrogens with zero attached hydrogens (tertiary/aromatic N) is 4. The Morgan fingerprint density at radius 1 is 0.848 bits per heavy atom. The molecule has 4 N–H and O–H groups in total. The van der Waals surface area contributed by atoms with Crippen molar-refractivity contribution in [3.63, 3.8) is 0 Å². The van der Waals surface area contributed by atoms with Crippen LogP contribution in [0.15, 0.2) is 58.5 Å². The molecule has 0 aliphatic carbocycles. The Labute approximate surface area is 194 Å². The van der Waals surface area contributed by atoms with Crippen LogP contribution in [0.25, 0.3) is 0 Å². The molecule has 0 bridgehead atoms. The predicted octanol–water partition coefficient (Wildman–Crippen LogP) is 3.68. The third kappa shape index (κ3) is 6.62. The number of nitrogens with one attached hydrogen (secondary N) is 4. The maximum atomic E-state index is 12.6. The van der Waals surface area contributed by atoms with Crippen LogP contribution in [0.3, 0.4) is 0 Å². The summed E-state index contributed by atoms with van der Waals surface area (Å²) < 4.78 is 27.7. The van der Waals surface area contributed by atoms with E-state index in [1.807, 2.05) is 27.7 Å². The molecule has 174 valence electrons. The summed E-state index contributed by atoms with van der Waals surface area (Å²) in [5.41, 5.74) is 5.80. The summed E-state index contributed by atoms with van der Waals surface area (Å²) in [6, 6.07) is 13.6. The lowest BCUT2D eigenvalue weighted by molar-refractivity contribution is 0.601. The second-order valence-electron chi connectivity index (χ2n) is 7.17. The second kappa shape index (κ2) is 10.7. The van der Waals surface area contributed by atoms with Gasteiger partial charge in [0.2, 0.25) is 17.8 Å². The van der Waals surface area contributed by atoms with Crippen LogP contribution in [0.5, 0.6) is 0 Å². The van der Waals surface area contributed by atoms with Crippen molar-refractivity contribution < 1.29 is 8.42 Å². The first-order valence-corrected chi connectivity index (χ1v) is 12.0. The lowest BCUT2D eigenvalue weighted by Crippen LogP contribution is -2.13. The number of sulfonamides is 1. The average molecular weight is 469 g/mol. The third-order valence-electron chi connectivity index (χ3n) is 4.51. The van der Waals surface area contributed by atoms with Gasteiger partial charge < -0.3 is 10.6 Å². The van der Waals surface area contributed by atoms with E-state index in [-0.39, 0.29) is 4.90 Å². The van der Waals surface area contributed by atoms with Crippen LogP contribution >= 0.6 is 0 Å². The van der Waals surface area contributed by atoms with Gasteiger partial charge in [-0.3, -0.25) is 4.72 Å². The maximum Gasteiger partial charge on any atom is 0.261 e. The maximum absolute atomic E-state index is 12.6. The number of aryl methyl sites for hydroxylation is 1. The van der Waals surface area contributed by atoms with Gasteiger partial charge in [-0.05, 0) is 57.5 Å². The summed E-state index contributed by atoms with van der Waals surface area (Å²) in [5, 5.41) is 10.5. The fourth-order valence-electron chi connectivity index (χ4n) is 2.81. The zero-order chi connectivity index (χ0) is 23.8. The summed E-state index contributed by atoms with van der Waals surface area (Å²) in [4.78, 5) is 13.1. The standard InChI is InChI=1S/C22H28N8O2S/c1-5-23-20-25-21(24-6-2)27-22(26-20)29-28-16(4)17-9-11-18(12-10-17)30-33(31,32)19-13-7-15(3)8-14-19/h7-14,30H,5-6H2,1-4H3,(H3,23,24,25,26,27,29)/b28-16+. The largest absolute Gasteiger partial charge is 0.354 e. The van der Waals surface area contributed by atoms with Gasteiger partial charge in [0.1, 0.15) is 0 Å². The van der Waals surface area contributed by atoms with Gasteiger partial charge >= 0.3 is 0 Å². The molecule has 1 heterocycles. The first-order chi connectivity index (χ1) is 15.8. The third-order valence-corrected chi connectivity index (χ3v) is 5.91. The Bertz CT molecular complexity index is 1190. The van der Waals surface area contributed by atoms with E-state index in [2.05, 4.69) is 40.8 Å². The average Bonchev–Trinajstić information content (AvgIpc) is 2.78. The Morgan fingerprint density at radius 3 is 1.94 bits per heavy atom. The minimum atomic E-state index is -3.65. The minimum absolute atomic E-state index is 0.213. The molecule has 0 amide bonds. The summed E-state index contributed by atoms with van der Waals surface area (Å²) >= 11 is 0. The van der Waals surface area contributed by atoms with E-state index in [1.54, 1.807) is 48.5 Å². The topological polar surface area (TPSA) is 133 Å². The molecule has 33 heavy (non-hydrogen) atoms. The molecule has 2 aromatic carbocycles. The van der Waals surface area contributed by atoms with Gasteiger partial charge in [0.05, 0.1) is 10.6 Å². The lowest BCUT2D eigenvalue weighted by Gasteiger charge is -2.10. The second-order valence-corrected chi connectivity index (χ2v) is 8.85. The molecular weight excluding hydrogens is 440 g/mol. The molecule has 11 heteroatoms. The molecular formula is C22H28N8O2S. The van der Waals surface area contributed by atoms with Crippen LogP contribution in [0.4, 0.5) is 23.5 Å². The van der Waals surface area contributed by atoms with E-state index in [9.17, 15) is 8.42 Å². The van der Waals surface area contributed by atoms with Gasteiger partial charge in [0.15, 0.2) is 0 Å².